The number of nitrogens with zero attached hydrogens (tertiary/aromatic N) is 5. The van der Waals surface area contributed by atoms with Crippen LogP contribution in [0.5, 0.6) is 0 Å². The molecular formula is C30H39N5O6S2. The Morgan fingerprint density at radius 2 is 1.67 bits per heavy atom. The molecule has 1 aromatic heterocycles. The number of hydrogen-bond donors (Lipinski definition) is 0. The normalized spacial score (nSPS) is 16.9. The zero-order valence-corrected chi connectivity index (χ0v) is 26.6. The first-order valence-corrected chi connectivity index (χ1v) is 16.9. The number of fused-ring (bicyclic) bond motifs is 1. The van der Waals surface area contributed by atoms with Crippen molar-refractivity contribution >= 4 is 48.7 Å². The molecule has 2 aromatic carbocycles. The molecule has 0 spiro atoms. The minimum atomic E-state index is -3.79. The third-order valence-corrected chi connectivity index (χ3v) is 10.9. The fourth-order valence-electron chi connectivity index (χ4n) is 5.24. The highest BCUT2D eigenvalue weighted by molar-refractivity contribution is 7.89. The molecule has 2 saturated heterocycles. The maximum atomic E-state index is 13.9. The summed E-state index contributed by atoms with van der Waals surface area (Å²) in [4.78, 5) is 36.4. The molecule has 2 aliphatic heterocycles. The standard InChI is InChI=1S/C30H39N5O6S2/c1-4-41-30(37)33-12-14-34(15-13-33)43(38,39)25-8-6-24(7-9-25)28(36)35(11-5-10-32-16-18-40-19-17-32)29-31-26-20-22(2)23(3)21-27(26)42-29/h6-9,20-21H,4-5,10-19H2,1-3H3. The summed E-state index contributed by atoms with van der Waals surface area (Å²) in [5.74, 6) is -0.221. The van der Waals surface area contributed by atoms with Gasteiger partial charge in [-0.2, -0.15) is 4.31 Å². The van der Waals surface area contributed by atoms with Gasteiger partial charge in [-0.3, -0.25) is 14.6 Å². The van der Waals surface area contributed by atoms with E-state index in [1.54, 1.807) is 24.0 Å². The zero-order chi connectivity index (χ0) is 30.6. The second-order valence-corrected chi connectivity index (χ2v) is 13.7. The molecule has 3 aromatic rings. The van der Waals surface area contributed by atoms with Gasteiger partial charge in [-0.1, -0.05) is 11.3 Å². The van der Waals surface area contributed by atoms with Crippen molar-refractivity contribution < 1.29 is 27.5 Å². The number of benzene rings is 2. The number of carbonyl (C=O) groups is 2. The smallest absolute Gasteiger partial charge is 0.409 e. The van der Waals surface area contributed by atoms with Gasteiger partial charge < -0.3 is 14.4 Å². The van der Waals surface area contributed by atoms with E-state index < -0.39 is 16.1 Å². The molecule has 2 fully saturated rings. The van der Waals surface area contributed by atoms with Crippen molar-refractivity contribution in [2.75, 3.05) is 77.1 Å². The Balaban J connectivity index is 1.32. The van der Waals surface area contributed by atoms with Crippen LogP contribution < -0.4 is 4.90 Å². The third-order valence-electron chi connectivity index (χ3n) is 7.93. The fourth-order valence-corrected chi connectivity index (χ4v) is 7.74. The summed E-state index contributed by atoms with van der Waals surface area (Å²) in [7, 11) is -3.79. The van der Waals surface area contributed by atoms with Crippen molar-refractivity contribution in [2.24, 2.45) is 0 Å². The summed E-state index contributed by atoms with van der Waals surface area (Å²) < 4.78 is 39.6. The predicted molar refractivity (Wildman–Crippen MR) is 166 cm³/mol. The lowest BCUT2D eigenvalue weighted by atomic mass is 10.1. The topological polar surface area (TPSA) is 113 Å². The molecule has 0 bridgehead atoms. The monoisotopic (exact) mass is 629 g/mol. The number of piperazine rings is 1. The first-order chi connectivity index (χ1) is 20.7. The Hall–Kier alpha value is -3.10. The number of ether oxygens (including phenoxy) is 2. The van der Waals surface area contributed by atoms with Gasteiger partial charge in [0, 0.05) is 57.9 Å². The van der Waals surface area contributed by atoms with Gasteiger partial charge in [-0.05, 0) is 74.7 Å². The average Bonchev–Trinajstić information content (AvgIpc) is 3.42. The van der Waals surface area contributed by atoms with Crippen molar-refractivity contribution in [2.45, 2.75) is 32.1 Å². The summed E-state index contributed by atoms with van der Waals surface area (Å²) in [6, 6.07) is 10.3. The van der Waals surface area contributed by atoms with Gasteiger partial charge in [0.15, 0.2) is 5.13 Å². The van der Waals surface area contributed by atoms with Crippen molar-refractivity contribution in [1.82, 2.24) is 19.1 Å². The summed E-state index contributed by atoms with van der Waals surface area (Å²) in [5, 5.41) is 0.628. The molecule has 3 heterocycles. The molecule has 0 aliphatic carbocycles. The Morgan fingerprint density at radius 3 is 2.35 bits per heavy atom. The van der Waals surface area contributed by atoms with E-state index >= 15 is 0 Å². The second kappa shape index (κ2) is 13.7. The number of carbonyl (C=O) groups excluding carboxylic acids is 2. The van der Waals surface area contributed by atoms with Crippen LogP contribution in [0.15, 0.2) is 41.3 Å². The number of sulfonamides is 1. The Bertz CT molecular complexity index is 1510. The molecular weight excluding hydrogens is 590 g/mol. The Morgan fingerprint density at radius 1 is 1.00 bits per heavy atom. The number of aromatic nitrogens is 1. The zero-order valence-electron chi connectivity index (χ0n) is 25.0. The molecule has 2 aliphatic rings. The summed E-state index contributed by atoms with van der Waals surface area (Å²) in [6.45, 7) is 11.5. The highest BCUT2D eigenvalue weighted by Crippen LogP contribution is 2.32. The Labute approximate surface area is 257 Å². The van der Waals surface area contributed by atoms with Crippen molar-refractivity contribution in [1.29, 1.82) is 0 Å². The van der Waals surface area contributed by atoms with Gasteiger partial charge in [0.1, 0.15) is 0 Å². The molecule has 2 amide bonds. The van der Waals surface area contributed by atoms with Gasteiger partial charge in [0.25, 0.3) is 5.91 Å². The number of morpholine rings is 1. The average molecular weight is 630 g/mol. The van der Waals surface area contributed by atoms with Gasteiger partial charge in [-0.25, -0.2) is 18.2 Å². The van der Waals surface area contributed by atoms with Crippen LogP contribution in [0.25, 0.3) is 10.2 Å². The van der Waals surface area contributed by atoms with E-state index in [-0.39, 0.29) is 43.6 Å². The van der Waals surface area contributed by atoms with E-state index in [1.807, 2.05) is 6.07 Å². The Kier molecular flexibility index (Phi) is 9.97. The maximum Gasteiger partial charge on any atom is 0.409 e. The van der Waals surface area contributed by atoms with Crippen molar-refractivity contribution in [3.8, 4) is 0 Å². The van der Waals surface area contributed by atoms with Gasteiger partial charge >= 0.3 is 6.09 Å². The highest BCUT2D eigenvalue weighted by atomic mass is 32.2. The first-order valence-electron chi connectivity index (χ1n) is 14.7. The summed E-state index contributed by atoms with van der Waals surface area (Å²) >= 11 is 1.49. The lowest BCUT2D eigenvalue weighted by Gasteiger charge is -2.33. The van der Waals surface area contributed by atoms with E-state index in [9.17, 15) is 18.0 Å². The van der Waals surface area contributed by atoms with Gasteiger partial charge in [0.2, 0.25) is 10.0 Å². The lowest BCUT2D eigenvalue weighted by Crippen LogP contribution is -2.50. The SMILES string of the molecule is CCOC(=O)N1CCN(S(=O)(=O)c2ccc(C(=O)N(CCCN3CCOCC3)c3nc4cc(C)c(C)cc4s3)cc2)CC1. The fraction of sp³-hybridized carbons (Fsp3) is 0.500. The summed E-state index contributed by atoms with van der Waals surface area (Å²) in [5.41, 5.74) is 3.57. The molecule has 0 radical (unpaired) electrons. The van der Waals surface area contributed by atoms with Gasteiger partial charge in [0.05, 0.1) is 34.9 Å². The number of rotatable bonds is 9. The molecule has 0 saturated carbocycles. The predicted octanol–water partition coefficient (Wildman–Crippen LogP) is 3.75. The van der Waals surface area contributed by atoms with E-state index in [0.717, 1.165) is 55.0 Å². The second-order valence-electron chi connectivity index (χ2n) is 10.8. The minimum Gasteiger partial charge on any atom is -0.450 e. The van der Waals surface area contributed by atoms with Crippen LogP contribution in [-0.2, 0) is 19.5 Å². The van der Waals surface area contributed by atoms with Crippen LogP contribution in [0.3, 0.4) is 0 Å². The molecule has 43 heavy (non-hydrogen) atoms. The molecule has 13 heteroatoms. The highest BCUT2D eigenvalue weighted by Gasteiger charge is 2.31. The number of thiazole rings is 1. The quantitative estimate of drug-likeness (QED) is 0.352. The van der Waals surface area contributed by atoms with Crippen LogP contribution >= 0.6 is 11.3 Å². The number of hydrogen-bond acceptors (Lipinski definition) is 9. The van der Waals surface area contributed by atoms with Crippen molar-refractivity contribution in [3.05, 3.63) is 53.1 Å². The van der Waals surface area contributed by atoms with Crippen molar-refractivity contribution in [3.63, 3.8) is 0 Å². The molecule has 0 N–H and O–H groups in total. The maximum absolute atomic E-state index is 13.9. The third kappa shape index (κ3) is 7.18. The van der Waals surface area contributed by atoms with E-state index in [0.29, 0.717) is 17.2 Å². The van der Waals surface area contributed by atoms with Crippen LogP contribution in [0, 0.1) is 13.8 Å². The van der Waals surface area contributed by atoms with Gasteiger partial charge in [-0.15, -0.1) is 0 Å². The van der Waals surface area contributed by atoms with Crippen LogP contribution in [0.2, 0.25) is 0 Å². The van der Waals surface area contributed by atoms with E-state index in [2.05, 4.69) is 24.8 Å². The largest absolute Gasteiger partial charge is 0.450 e. The van der Waals surface area contributed by atoms with Crippen LogP contribution in [-0.4, -0.2) is 112 Å². The lowest BCUT2D eigenvalue weighted by molar-refractivity contribution is 0.0376. The van der Waals surface area contributed by atoms with Crippen LogP contribution in [0.4, 0.5) is 9.93 Å². The van der Waals surface area contributed by atoms with E-state index in [4.69, 9.17) is 14.5 Å². The minimum absolute atomic E-state index is 0.110. The number of aryl methyl sites for hydroxylation is 2. The molecule has 11 nitrogen and oxygen atoms in total. The molecule has 232 valence electrons. The molecule has 5 rings (SSSR count). The number of anilines is 1. The van der Waals surface area contributed by atoms with E-state index in [1.165, 1.54) is 38.2 Å². The molecule has 0 unspecified atom stereocenters. The van der Waals surface area contributed by atoms with Crippen LogP contribution in [0.1, 0.15) is 34.8 Å². The number of amides is 2. The first kappa shape index (κ1) is 31.3. The molecule has 0 atom stereocenters. The summed E-state index contributed by atoms with van der Waals surface area (Å²) in [6.07, 6.45) is 0.333.